The lowest BCUT2D eigenvalue weighted by Gasteiger charge is -2.10. The Balaban J connectivity index is 1.33. The largest absolute Gasteiger partial charge is 0.310 e. The summed E-state index contributed by atoms with van der Waals surface area (Å²) in [6.45, 7) is 6.18. The van der Waals surface area contributed by atoms with Crippen LogP contribution < -0.4 is 10.6 Å². The maximum Gasteiger partial charge on any atom is 0.0541 e. The molecule has 0 fully saturated rings. The molecule has 0 bridgehead atoms. The second kappa shape index (κ2) is 11.0. The molecular formula is C43H32N2. The smallest absolute Gasteiger partial charge is 0.0541 e. The molecule has 8 rings (SSSR count). The standard InChI is InChI=1S/C43H32N2/c1-3-14-36-38-28-32(24-26-43(38)45(40(36)4-2)35-20-13-17-31(27-35)30-15-7-5-8-16-30)33-23-25-42-39(29-33)37-21-11-12-22-41(37)44(42)34-18-9-6-10-19-34/h3-29H,1H2,2H3/b36-14-,40-4+. The fourth-order valence-corrected chi connectivity index (χ4v) is 6.83. The van der Waals surface area contributed by atoms with E-state index in [1.54, 1.807) is 0 Å². The van der Waals surface area contributed by atoms with Crippen molar-refractivity contribution in [1.29, 1.82) is 0 Å². The first kappa shape index (κ1) is 26.7. The normalized spacial score (nSPS) is 12.5. The van der Waals surface area contributed by atoms with Crippen LogP contribution in [0.4, 0.5) is 0 Å². The average Bonchev–Trinajstić information content (AvgIpc) is 3.61. The number of hydrogen-bond donors (Lipinski definition) is 0. The van der Waals surface area contributed by atoms with Crippen LogP contribution >= 0.6 is 0 Å². The summed E-state index contributed by atoms with van der Waals surface area (Å²) >= 11 is 0. The van der Waals surface area contributed by atoms with E-state index in [-0.39, 0.29) is 0 Å². The van der Waals surface area contributed by atoms with Gasteiger partial charge >= 0.3 is 0 Å². The van der Waals surface area contributed by atoms with Crippen molar-refractivity contribution in [3.63, 3.8) is 0 Å². The predicted molar refractivity (Wildman–Crippen MR) is 193 cm³/mol. The van der Waals surface area contributed by atoms with Crippen molar-refractivity contribution < 1.29 is 0 Å². The van der Waals surface area contributed by atoms with Crippen LogP contribution in [0, 0.1) is 0 Å². The molecule has 45 heavy (non-hydrogen) atoms. The Hall–Kier alpha value is -5.86. The molecule has 0 unspecified atom stereocenters. The van der Waals surface area contributed by atoms with Gasteiger partial charge in [-0.2, -0.15) is 0 Å². The van der Waals surface area contributed by atoms with E-state index in [9.17, 15) is 0 Å². The van der Waals surface area contributed by atoms with E-state index in [4.69, 9.17) is 0 Å². The summed E-state index contributed by atoms with van der Waals surface area (Å²) in [6.07, 6.45) is 6.23. The highest BCUT2D eigenvalue weighted by Crippen LogP contribution is 2.35. The third kappa shape index (κ3) is 4.42. The van der Waals surface area contributed by atoms with Crippen molar-refractivity contribution in [1.82, 2.24) is 9.13 Å². The number of para-hydroxylation sites is 2. The highest BCUT2D eigenvalue weighted by atomic mass is 15.0. The van der Waals surface area contributed by atoms with Crippen molar-refractivity contribution in [3.05, 3.63) is 169 Å². The molecule has 8 aromatic rings. The monoisotopic (exact) mass is 576 g/mol. The first-order chi connectivity index (χ1) is 22.2. The Labute approximate surface area is 262 Å². The minimum absolute atomic E-state index is 1.14. The van der Waals surface area contributed by atoms with Gasteiger partial charge in [0.25, 0.3) is 0 Å². The summed E-state index contributed by atoms with van der Waals surface area (Å²) < 4.78 is 4.74. The average molecular weight is 577 g/mol. The third-order valence-electron chi connectivity index (χ3n) is 8.83. The van der Waals surface area contributed by atoms with Gasteiger partial charge in [-0.1, -0.05) is 116 Å². The van der Waals surface area contributed by atoms with E-state index in [1.807, 2.05) is 6.08 Å². The maximum atomic E-state index is 4.06. The van der Waals surface area contributed by atoms with E-state index < -0.39 is 0 Å². The van der Waals surface area contributed by atoms with Gasteiger partial charge in [0.2, 0.25) is 0 Å². The summed E-state index contributed by atoms with van der Waals surface area (Å²) in [4.78, 5) is 0. The number of benzene rings is 6. The second-order valence-electron chi connectivity index (χ2n) is 11.4. The first-order valence-electron chi connectivity index (χ1n) is 15.4. The van der Waals surface area contributed by atoms with Gasteiger partial charge < -0.3 is 9.13 Å². The zero-order valence-electron chi connectivity index (χ0n) is 25.2. The molecule has 2 heteroatoms. The summed E-state index contributed by atoms with van der Waals surface area (Å²) in [5.74, 6) is 0. The van der Waals surface area contributed by atoms with Crippen LogP contribution in [-0.2, 0) is 0 Å². The fourth-order valence-electron chi connectivity index (χ4n) is 6.83. The highest BCUT2D eigenvalue weighted by Gasteiger charge is 2.15. The molecule has 0 radical (unpaired) electrons. The summed E-state index contributed by atoms with van der Waals surface area (Å²) in [5.41, 5.74) is 10.7. The van der Waals surface area contributed by atoms with Crippen LogP contribution in [0.5, 0.6) is 0 Å². The molecule has 0 N–H and O–H groups in total. The number of fused-ring (bicyclic) bond motifs is 4. The molecule has 2 nitrogen and oxygen atoms in total. The van der Waals surface area contributed by atoms with Crippen LogP contribution in [0.3, 0.4) is 0 Å². The van der Waals surface area contributed by atoms with Crippen molar-refractivity contribution in [2.45, 2.75) is 6.92 Å². The van der Waals surface area contributed by atoms with Gasteiger partial charge in [-0.3, -0.25) is 0 Å². The molecule has 0 saturated carbocycles. The quantitative estimate of drug-likeness (QED) is 0.193. The number of allylic oxidation sites excluding steroid dienone is 1. The molecule has 0 aliphatic rings. The number of rotatable bonds is 5. The lowest BCUT2D eigenvalue weighted by Crippen LogP contribution is -2.27. The topological polar surface area (TPSA) is 9.86 Å². The van der Waals surface area contributed by atoms with Crippen LogP contribution in [0.1, 0.15) is 6.92 Å². The zero-order valence-corrected chi connectivity index (χ0v) is 25.2. The Kier molecular flexibility index (Phi) is 6.54. The number of nitrogens with zero attached hydrogens (tertiary/aromatic N) is 2. The van der Waals surface area contributed by atoms with Gasteiger partial charge in [-0.15, -0.1) is 0 Å². The van der Waals surface area contributed by atoms with E-state index in [0.29, 0.717) is 0 Å². The molecule has 0 saturated heterocycles. The molecule has 0 atom stereocenters. The van der Waals surface area contributed by atoms with Crippen LogP contribution in [0.25, 0.3) is 78.5 Å². The van der Waals surface area contributed by atoms with E-state index in [0.717, 1.165) is 11.0 Å². The van der Waals surface area contributed by atoms with E-state index in [1.165, 1.54) is 65.9 Å². The minimum atomic E-state index is 1.14. The molecule has 214 valence electrons. The van der Waals surface area contributed by atoms with Crippen molar-refractivity contribution in [2.24, 2.45) is 0 Å². The van der Waals surface area contributed by atoms with Crippen LogP contribution in [-0.4, -0.2) is 9.13 Å². The molecule has 0 amide bonds. The van der Waals surface area contributed by atoms with Crippen LogP contribution in [0.2, 0.25) is 0 Å². The van der Waals surface area contributed by atoms with Gasteiger partial charge in [0.05, 0.1) is 16.6 Å². The Morgan fingerprint density at radius 3 is 1.78 bits per heavy atom. The Morgan fingerprint density at radius 1 is 0.467 bits per heavy atom. The molecule has 2 heterocycles. The highest BCUT2D eigenvalue weighted by molar-refractivity contribution is 6.10. The lowest BCUT2D eigenvalue weighted by atomic mass is 10.0. The first-order valence-corrected chi connectivity index (χ1v) is 15.4. The molecule has 0 aliphatic carbocycles. The SMILES string of the molecule is C=C/C=c1\c(=C/C)n(-c2cccc(-c3ccccc3)c2)c2ccc(-c3ccc4c(c3)c3ccccc3n4-c3ccccc3)cc12. The maximum absolute atomic E-state index is 4.06. The van der Waals surface area contributed by atoms with Gasteiger partial charge in [0.1, 0.15) is 0 Å². The van der Waals surface area contributed by atoms with Crippen LogP contribution in [0.15, 0.2) is 158 Å². The van der Waals surface area contributed by atoms with Gasteiger partial charge in [0, 0.05) is 38.1 Å². The van der Waals surface area contributed by atoms with E-state index in [2.05, 4.69) is 180 Å². The Bertz CT molecular complexity index is 2490. The van der Waals surface area contributed by atoms with E-state index >= 15 is 0 Å². The van der Waals surface area contributed by atoms with Crippen molar-refractivity contribution in [2.75, 3.05) is 0 Å². The number of hydrogen-bond acceptors (Lipinski definition) is 0. The second-order valence-corrected chi connectivity index (χ2v) is 11.4. The van der Waals surface area contributed by atoms with Crippen molar-refractivity contribution in [3.8, 4) is 33.6 Å². The summed E-state index contributed by atoms with van der Waals surface area (Å²) in [6, 6.07) is 52.4. The minimum Gasteiger partial charge on any atom is -0.310 e. The Morgan fingerprint density at radius 2 is 1.04 bits per heavy atom. The summed E-state index contributed by atoms with van der Waals surface area (Å²) in [5, 5.41) is 6.05. The van der Waals surface area contributed by atoms with Gasteiger partial charge in [-0.05, 0) is 83.8 Å². The summed E-state index contributed by atoms with van der Waals surface area (Å²) in [7, 11) is 0. The predicted octanol–water partition coefficient (Wildman–Crippen LogP) is 9.83. The molecular weight excluding hydrogens is 544 g/mol. The molecule has 0 aliphatic heterocycles. The fraction of sp³-hybridized carbons (Fsp3) is 0.0233. The van der Waals surface area contributed by atoms with Gasteiger partial charge in [0.15, 0.2) is 0 Å². The van der Waals surface area contributed by atoms with Crippen molar-refractivity contribution >= 4 is 44.9 Å². The lowest BCUT2D eigenvalue weighted by molar-refractivity contribution is 1.07. The number of aromatic nitrogens is 2. The molecule has 6 aromatic carbocycles. The zero-order chi connectivity index (χ0) is 30.3. The van der Waals surface area contributed by atoms with Gasteiger partial charge in [-0.25, -0.2) is 0 Å². The molecule has 0 spiro atoms. The molecule has 2 aromatic heterocycles. The third-order valence-corrected chi connectivity index (χ3v) is 8.83.